The van der Waals surface area contributed by atoms with Crippen LogP contribution in [-0.2, 0) is 4.79 Å². The Morgan fingerprint density at radius 3 is 2.30 bits per heavy atom. The van der Waals surface area contributed by atoms with Crippen LogP contribution in [0.5, 0.6) is 0 Å². The number of hydrogen-bond donors (Lipinski definition) is 0. The number of carbonyl (C=O) groups is 1. The molecule has 0 N–H and O–H groups in total. The van der Waals surface area contributed by atoms with Gasteiger partial charge in [-0.15, -0.1) is 0 Å². The van der Waals surface area contributed by atoms with E-state index in [1.54, 1.807) is 19.0 Å². The van der Waals surface area contributed by atoms with Gasteiger partial charge in [0.25, 0.3) is 0 Å². The Labute approximate surface area is 125 Å². The van der Waals surface area contributed by atoms with Crippen LogP contribution in [0.15, 0.2) is 54.6 Å². The largest absolute Gasteiger partial charge is 0.349 e. The molecule has 20 heavy (non-hydrogen) atoms. The minimum atomic E-state index is 0.0322. The summed E-state index contributed by atoms with van der Waals surface area (Å²) in [5.74, 6) is 0.142. The van der Waals surface area contributed by atoms with Crippen molar-refractivity contribution in [1.29, 1.82) is 0 Å². The lowest BCUT2D eigenvalue weighted by Crippen LogP contribution is -2.24. The van der Waals surface area contributed by atoms with Gasteiger partial charge in [0.1, 0.15) is 0 Å². The van der Waals surface area contributed by atoms with Gasteiger partial charge in [0.2, 0.25) is 5.91 Å². The number of amides is 1. The summed E-state index contributed by atoms with van der Waals surface area (Å²) in [7, 11) is 3.56. The summed E-state index contributed by atoms with van der Waals surface area (Å²) in [6.45, 7) is 0. The molecule has 2 rings (SSSR count). The van der Waals surface area contributed by atoms with Gasteiger partial charge in [-0.25, -0.2) is 0 Å². The fraction of sp³-hybridized carbons (Fsp3) is 0.235. The molecule has 1 amide bonds. The van der Waals surface area contributed by atoms with E-state index in [1.807, 2.05) is 42.5 Å². The van der Waals surface area contributed by atoms with Crippen LogP contribution < -0.4 is 0 Å². The van der Waals surface area contributed by atoms with Crippen LogP contribution in [0, 0.1) is 0 Å². The van der Waals surface area contributed by atoms with Crippen LogP contribution in [0.25, 0.3) is 0 Å². The normalized spacial score (nSPS) is 11.9. The van der Waals surface area contributed by atoms with Crippen LogP contribution in [-0.4, -0.2) is 24.9 Å². The average molecular weight is 288 g/mol. The summed E-state index contributed by atoms with van der Waals surface area (Å²) in [6, 6.07) is 17.8. The van der Waals surface area contributed by atoms with Gasteiger partial charge >= 0.3 is 0 Å². The Morgan fingerprint density at radius 1 is 1.05 bits per heavy atom. The SMILES string of the molecule is CN(C)C(=O)C[C@H](c1ccccc1)c1cccc(Cl)c1. The molecule has 2 aromatic rings. The molecule has 0 bridgehead atoms. The summed E-state index contributed by atoms with van der Waals surface area (Å²) in [6.07, 6.45) is 0.442. The molecule has 1 atom stereocenters. The first kappa shape index (κ1) is 14.6. The maximum Gasteiger partial charge on any atom is 0.223 e. The van der Waals surface area contributed by atoms with Gasteiger partial charge in [0.15, 0.2) is 0 Å². The summed E-state index contributed by atoms with van der Waals surface area (Å²) >= 11 is 6.08. The summed E-state index contributed by atoms with van der Waals surface area (Å²) in [5, 5.41) is 0.695. The second-order valence-electron chi connectivity index (χ2n) is 5.01. The molecule has 0 spiro atoms. The third kappa shape index (κ3) is 3.61. The van der Waals surface area contributed by atoms with Crippen molar-refractivity contribution in [3.05, 3.63) is 70.7 Å². The quantitative estimate of drug-likeness (QED) is 0.834. The number of hydrogen-bond acceptors (Lipinski definition) is 1. The minimum Gasteiger partial charge on any atom is -0.349 e. The van der Waals surface area contributed by atoms with Crippen molar-refractivity contribution in [2.45, 2.75) is 12.3 Å². The molecular weight excluding hydrogens is 270 g/mol. The molecule has 0 heterocycles. The lowest BCUT2D eigenvalue weighted by atomic mass is 9.88. The first-order valence-electron chi connectivity index (χ1n) is 6.58. The monoisotopic (exact) mass is 287 g/mol. The van der Waals surface area contributed by atoms with E-state index < -0.39 is 0 Å². The summed E-state index contributed by atoms with van der Waals surface area (Å²) in [5.41, 5.74) is 2.20. The molecule has 0 fully saturated rings. The average Bonchev–Trinajstić information content (AvgIpc) is 2.45. The summed E-state index contributed by atoms with van der Waals surface area (Å²) < 4.78 is 0. The van der Waals surface area contributed by atoms with E-state index in [4.69, 9.17) is 11.6 Å². The van der Waals surface area contributed by atoms with Crippen molar-refractivity contribution in [1.82, 2.24) is 4.90 Å². The highest BCUT2D eigenvalue weighted by Crippen LogP contribution is 2.29. The number of halogens is 1. The zero-order valence-corrected chi connectivity index (χ0v) is 12.5. The molecule has 2 nitrogen and oxygen atoms in total. The maximum atomic E-state index is 12.1. The molecule has 0 aromatic heterocycles. The van der Waals surface area contributed by atoms with E-state index in [2.05, 4.69) is 12.1 Å². The fourth-order valence-electron chi connectivity index (χ4n) is 2.19. The number of benzene rings is 2. The van der Waals surface area contributed by atoms with Crippen LogP contribution in [0.4, 0.5) is 0 Å². The van der Waals surface area contributed by atoms with Crippen molar-refractivity contribution in [2.24, 2.45) is 0 Å². The van der Waals surface area contributed by atoms with Crippen molar-refractivity contribution in [2.75, 3.05) is 14.1 Å². The van der Waals surface area contributed by atoms with Gasteiger partial charge < -0.3 is 4.90 Å². The Hall–Kier alpha value is -1.80. The highest BCUT2D eigenvalue weighted by molar-refractivity contribution is 6.30. The first-order chi connectivity index (χ1) is 9.58. The number of rotatable bonds is 4. The van der Waals surface area contributed by atoms with Crippen molar-refractivity contribution in [3.8, 4) is 0 Å². The maximum absolute atomic E-state index is 12.1. The molecule has 0 unspecified atom stereocenters. The van der Waals surface area contributed by atoms with Crippen LogP contribution in [0.2, 0.25) is 5.02 Å². The van der Waals surface area contributed by atoms with E-state index in [0.29, 0.717) is 11.4 Å². The molecule has 0 aliphatic heterocycles. The van der Waals surface area contributed by atoms with E-state index in [1.165, 1.54) is 0 Å². The van der Waals surface area contributed by atoms with Crippen LogP contribution in [0.3, 0.4) is 0 Å². The second kappa shape index (κ2) is 6.58. The highest BCUT2D eigenvalue weighted by Gasteiger charge is 2.19. The standard InChI is InChI=1S/C17H18ClNO/c1-19(2)17(20)12-16(13-7-4-3-5-8-13)14-9-6-10-15(18)11-14/h3-11,16H,12H2,1-2H3/t16-/m1/s1. The number of nitrogens with zero attached hydrogens (tertiary/aromatic N) is 1. The third-order valence-electron chi connectivity index (χ3n) is 3.33. The Morgan fingerprint density at radius 2 is 1.70 bits per heavy atom. The van der Waals surface area contributed by atoms with Gasteiger partial charge in [0, 0.05) is 31.5 Å². The zero-order valence-electron chi connectivity index (χ0n) is 11.7. The smallest absolute Gasteiger partial charge is 0.223 e. The van der Waals surface area contributed by atoms with Gasteiger partial charge in [-0.2, -0.15) is 0 Å². The van der Waals surface area contributed by atoms with Gasteiger partial charge in [-0.3, -0.25) is 4.79 Å². The van der Waals surface area contributed by atoms with E-state index in [9.17, 15) is 4.79 Å². The second-order valence-corrected chi connectivity index (χ2v) is 5.45. The predicted octanol–water partition coefficient (Wildman–Crippen LogP) is 3.95. The Bertz CT molecular complexity index is 581. The molecule has 0 aliphatic rings. The van der Waals surface area contributed by atoms with Crippen molar-refractivity contribution in [3.63, 3.8) is 0 Å². The van der Waals surface area contributed by atoms with Gasteiger partial charge in [0.05, 0.1) is 0 Å². The third-order valence-corrected chi connectivity index (χ3v) is 3.57. The molecule has 2 aromatic carbocycles. The molecule has 0 aliphatic carbocycles. The Balaban J connectivity index is 2.37. The molecular formula is C17H18ClNO. The molecule has 3 heteroatoms. The van der Waals surface area contributed by atoms with E-state index in [0.717, 1.165) is 11.1 Å². The lowest BCUT2D eigenvalue weighted by molar-refractivity contribution is -0.128. The highest BCUT2D eigenvalue weighted by atomic mass is 35.5. The summed E-state index contributed by atoms with van der Waals surface area (Å²) in [4.78, 5) is 13.7. The fourth-order valence-corrected chi connectivity index (χ4v) is 2.39. The van der Waals surface area contributed by atoms with Crippen molar-refractivity contribution >= 4 is 17.5 Å². The zero-order chi connectivity index (χ0) is 14.5. The van der Waals surface area contributed by atoms with E-state index in [-0.39, 0.29) is 11.8 Å². The van der Waals surface area contributed by atoms with Crippen molar-refractivity contribution < 1.29 is 4.79 Å². The molecule has 104 valence electrons. The minimum absolute atomic E-state index is 0.0322. The van der Waals surface area contributed by atoms with Gasteiger partial charge in [-0.1, -0.05) is 54.1 Å². The number of carbonyl (C=O) groups excluding carboxylic acids is 1. The topological polar surface area (TPSA) is 20.3 Å². The van der Waals surface area contributed by atoms with Crippen LogP contribution in [0.1, 0.15) is 23.5 Å². The van der Waals surface area contributed by atoms with Crippen LogP contribution >= 0.6 is 11.6 Å². The first-order valence-corrected chi connectivity index (χ1v) is 6.96. The van der Waals surface area contributed by atoms with E-state index >= 15 is 0 Å². The molecule has 0 radical (unpaired) electrons. The van der Waals surface area contributed by atoms with Gasteiger partial charge in [-0.05, 0) is 23.3 Å². The molecule has 0 saturated heterocycles. The molecule has 0 saturated carbocycles. The Kier molecular flexibility index (Phi) is 4.80. The predicted molar refractivity (Wildman–Crippen MR) is 83.0 cm³/mol. The lowest BCUT2D eigenvalue weighted by Gasteiger charge is -2.20.